The van der Waals surface area contributed by atoms with Gasteiger partial charge in [-0.25, -0.2) is 0 Å². The van der Waals surface area contributed by atoms with Crippen LogP contribution in [0.25, 0.3) is 0 Å². The van der Waals surface area contributed by atoms with Gasteiger partial charge in [0.15, 0.2) is 0 Å². The number of ether oxygens (including phenoxy) is 1. The highest BCUT2D eigenvalue weighted by atomic mass is 19.4. The molecule has 0 bridgehead atoms. The van der Waals surface area contributed by atoms with Crippen molar-refractivity contribution in [2.75, 3.05) is 46.4 Å². The number of nitrogens with zero attached hydrogens (tertiary/aromatic N) is 2. The predicted octanol–water partition coefficient (Wildman–Crippen LogP) is 1.10. The fraction of sp³-hybridized carbons (Fsp3) is 0.929. The summed E-state index contributed by atoms with van der Waals surface area (Å²) >= 11 is 0. The maximum absolute atomic E-state index is 12.2. The summed E-state index contributed by atoms with van der Waals surface area (Å²) in [5, 5.41) is 1.96. The van der Waals surface area contributed by atoms with Gasteiger partial charge in [0.1, 0.15) is 6.54 Å². The monoisotopic (exact) mass is 325 g/mol. The molecule has 0 saturated carbocycles. The van der Waals surface area contributed by atoms with Crippen molar-refractivity contribution >= 4 is 5.91 Å². The van der Waals surface area contributed by atoms with Gasteiger partial charge >= 0.3 is 6.18 Å². The third-order valence-corrected chi connectivity index (χ3v) is 4.08. The molecule has 0 spiro atoms. The first kappa shape index (κ1) is 19.2. The van der Waals surface area contributed by atoms with Crippen LogP contribution in [0.15, 0.2) is 0 Å². The van der Waals surface area contributed by atoms with Crippen LogP contribution in [0, 0.1) is 0 Å². The van der Waals surface area contributed by atoms with Crippen LogP contribution in [0.1, 0.15) is 20.3 Å². The molecule has 1 N–H and O–H groups in total. The zero-order valence-electron chi connectivity index (χ0n) is 13.4. The molecule has 1 aliphatic rings. The Labute approximate surface area is 129 Å². The molecule has 1 rings (SSSR count). The van der Waals surface area contributed by atoms with Crippen molar-refractivity contribution in [1.82, 2.24) is 15.1 Å². The lowest BCUT2D eigenvalue weighted by Gasteiger charge is -2.43. The minimum Gasteiger partial charge on any atom is -0.383 e. The molecule has 2 atom stereocenters. The fourth-order valence-corrected chi connectivity index (χ4v) is 2.66. The van der Waals surface area contributed by atoms with Gasteiger partial charge in [-0.2, -0.15) is 13.2 Å². The normalized spacial score (nSPS) is 22.5. The molecule has 22 heavy (non-hydrogen) atoms. The second-order valence-corrected chi connectivity index (χ2v) is 5.59. The van der Waals surface area contributed by atoms with Crippen molar-refractivity contribution in [1.29, 1.82) is 0 Å². The Morgan fingerprint density at radius 2 is 2.09 bits per heavy atom. The summed E-state index contributed by atoms with van der Waals surface area (Å²) in [4.78, 5) is 16.1. The van der Waals surface area contributed by atoms with E-state index in [1.165, 1.54) is 0 Å². The van der Waals surface area contributed by atoms with Crippen LogP contribution in [0.5, 0.6) is 0 Å². The molecule has 0 aromatic heterocycles. The SMILES string of the molecule is CCC1CN(C(C)C(=O)NCC(F)(F)F)CCN1CCOC. The van der Waals surface area contributed by atoms with Crippen LogP contribution in [0.4, 0.5) is 13.2 Å². The van der Waals surface area contributed by atoms with E-state index in [0.29, 0.717) is 25.7 Å². The van der Waals surface area contributed by atoms with E-state index in [9.17, 15) is 18.0 Å². The number of hydrogen-bond acceptors (Lipinski definition) is 4. The topological polar surface area (TPSA) is 44.8 Å². The largest absolute Gasteiger partial charge is 0.405 e. The van der Waals surface area contributed by atoms with Crippen LogP contribution >= 0.6 is 0 Å². The standard InChI is InChI=1S/C14H26F3N3O2/c1-4-12-9-20(6-5-19(12)7-8-22-3)11(2)13(21)18-10-14(15,16)17/h11-12H,4-10H2,1-3H3,(H,18,21). The molecule has 0 radical (unpaired) electrons. The zero-order chi connectivity index (χ0) is 16.8. The first-order valence-corrected chi connectivity index (χ1v) is 7.60. The molecule has 1 saturated heterocycles. The summed E-state index contributed by atoms with van der Waals surface area (Å²) in [6.07, 6.45) is -3.45. The van der Waals surface area contributed by atoms with E-state index in [1.807, 2.05) is 10.2 Å². The van der Waals surface area contributed by atoms with Gasteiger partial charge in [0.2, 0.25) is 5.91 Å². The number of amides is 1. The van der Waals surface area contributed by atoms with E-state index in [0.717, 1.165) is 19.5 Å². The third kappa shape index (κ3) is 6.10. The van der Waals surface area contributed by atoms with Crippen molar-refractivity contribution in [3.63, 3.8) is 0 Å². The van der Waals surface area contributed by atoms with Gasteiger partial charge in [-0.15, -0.1) is 0 Å². The molecule has 0 aliphatic carbocycles. The number of carbonyl (C=O) groups is 1. The van der Waals surface area contributed by atoms with Gasteiger partial charge in [0, 0.05) is 39.3 Å². The van der Waals surface area contributed by atoms with Crippen molar-refractivity contribution in [2.45, 2.75) is 38.5 Å². The lowest BCUT2D eigenvalue weighted by atomic mass is 10.1. The predicted molar refractivity (Wildman–Crippen MR) is 77.6 cm³/mol. The molecule has 2 unspecified atom stereocenters. The Bertz CT molecular complexity index is 353. The van der Waals surface area contributed by atoms with E-state index < -0.39 is 24.7 Å². The van der Waals surface area contributed by atoms with Gasteiger partial charge in [-0.3, -0.25) is 14.6 Å². The number of rotatable bonds is 7. The molecule has 0 aromatic rings. The fourth-order valence-electron chi connectivity index (χ4n) is 2.66. The van der Waals surface area contributed by atoms with E-state index in [2.05, 4.69) is 11.8 Å². The summed E-state index contributed by atoms with van der Waals surface area (Å²) in [5.74, 6) is -0.572. The molecule has 130 valence electrons. The second kappa shape index (κ2) is 8.69. The quantitative estimate of drug-likeness (QED) is 0.761. The average molecular weight is 325 g/mol. The number of methoxy groups -OCH3 is 1. The molecule has 0 aromatic carbocycles. The van der Waals surface area contributed by atoms with E-state index in [1.54, 1.807) is 14.0 Å². The lowest BCUT2D eigenvalue weighted by Crippen LogP contribution is -2.58. The Balaban J connectivity index is 2.50. The molecule has 5 nitrogen and oxygen atoms in total. The lowest BCUT2D eigenvalue weighted by molar-refractivity contribution is -0.142. The number of hydrogen-bond donors (Lipinski definition) is 1. The third-order valence-electron chi connectivity index (χ3n) is 4.08. The Kier molecular flexibility index (Phi) is 7.58. The second-order valence-electron chi connectivity index (χ2n) is 5.59. The molecule has 1 amide bonds. The van der Waals surface area contributed by atoms with Crippen LogP contribution in [0.2, 0.25) is 0 Å². The van der Waals surface area contributed by atoms with Gasteiger partial charge in [-0.05, 0) is 13.3 Å². The molecule has 8 heteroatoms. The van der Waals surface area contributed by atoms with E-state index in [4.69, 9.17) is 4.74 Å². The van der Waals surface area contributed by atoms with Crippen LogP contribution in [0.3, 0.4) is 0 Å². The first-order valence-electron chi connectivity index (χ1n) is 7.60. The first-order chi connectivity index (χ1) is 10.3. The average Bonchev–Trinajstić information content (AvgIpc) is 2.48. The molecular weight excluding hydrogens is 299 g/mol. The van der Waals surface area contributed by atoms with Crippen molar-refractivity contribution in [3.8, 4) is 0 Å². The Hall–Kier alpha value is -0.860. The highest BCUT2D eigenvalue weighted by Crippen LogP contribution is 2.16. The summed E-state index contributed by atoms with van der Waals surface area (Å²) in [5.41, 5.74) is 0. The van der Waals surface area contributed by atoms with Crippen molar-refractivity contribution in [2.24, 2.45) is 0 Å². The molecule has 1 heterocycles. The Morgan fingerprint density at radius 1 is 1.41 bits per heavy atom. The zero-order valence-corrected chi connectivity index (χ0v) is 13.4. The van der Waals surface area contributed by atoms with E-state index >= 15 is 0 Å². The molecule has 1 aliphatic heterocycles. The van der Waals surface area contributed by atoms with Gasteiger partial charge in [-0.1, -0.05) is 6.92 Å². The Morgan fingerprint density at radius 3 is 2.64 bits per heavy atom. The summed E-state index contributed by atoms with van der Waals surface area (Å²) in [6, 6.07) is -0.261. The number of piperazine rings is 1. The van der Waals surface area contributed by atoms with Crippen molar-refractivity contribution < 1.29 is 22.7 Å². The minimum atomic E-state index is -4.37. The molecular formula is C14H26F3N3O2. The van der Waals surface area contributed by atoms with E-state index in [-0.39, 0.29) is 0 Å². The summed E-state index contributed by atoms with van der Waals surface area (Å²) in [6.45, 7) is 6.07. The number of carbonyl (C=O) groups excluding carboxylic acids is 1. The summed E-state index contributed by atoms with van der Waals surface area (Å²) in [7, 11) is 1.66. The maximum Gasteiger partial charge on any atom is 0.405 e. The minimum absolute atomic E-state index is 0.293. The van der Waals surface area contributed by atoms with Gasteiger partial charge in [0.05, 0.1) is 12.6 Å². The highest BCUT2D eigenvalue weighted by Gasteiger charge is 2.33. The van der Waals surface area contributed by atoms with Crippen LogP contribution in [-0.4, -0.2) is 80.4 Å². The van der Waals surface area contributed by atoms with Gasteiger partial charge in [0.25, 0.3) is 0 Å². The highest BCUT2D eigenvalue weighted by molar-refractivity contribution is 5.81. The van der Waals surface area contributed by atoms with Crippen LogP contribution in [-0.2, 0) is 9.53 Å². The van der Waals surface area contributed by atoms with Gasteiger partial charge < -0.3 is 10.1 Å². The smallest absolute Gasteiger partial charge is 0.383 e. The maximum atomic E-state index is 12.2. The van der Waals surface area contributed by atoms with Crippen molar-refractivity contribution in [3.05, 3.63) is 0 Å². The number of halogens is 3. The number of nitrogens with one attached hydrogen (secondary N) is 1. The number of alkyl halides is 3. The summed E-state index contributed by atoms with van der Waals surface area (Å²) < 4.78 is 41.6. The molecule has 1 fully saturated rings. The van der Waals surface area contributed by atoms with Crippen LogP contribution < -0.4 is 5.32 Å².